The largest absolute Gasteiger partial charge is 0.493 e. The van der Waals surface area contributed by atoms with E-state index in [9.17, 15) is 4.79 Å². The van der Waals surface area contributed by atoms with Gasteiger partial charge in [0.25, 0.3) is 5.91 Å². The number of rotatable bonds is 7. The fourth-order valence-corrected chi connectivity index (χ4v) is 5.02. The van der Waals surface area contributed by atoms with Gasteiger partial charge >= 0.3 is 0 Å². The molecule has 5 rings (SSSR count). The Morgan fingerprint density at radius 1 is 0.949 bits per heavy atom. The first kappa shape index (κ1) is 28.4. The molecule has 1 aliphatic rings. The first-order valence-electron chi connectivity index (χ1n) is 12.3. The number of carbonyl (C=O) groups is 1. The molecule has 10 heteroatoms. The second-order valence-electron chi connectivity index (χ2n) is 9.02. The van der Waals surface area contributed by atoms with Crippen LogP contribution in [0.25, 0.3) is 22.2 Å². The molecule has 0 radical (unpaired) electrons. The number of hydrogen-bond donors (Lipinski definition) is 0. The molecule has 204 valence electrons. The zero-order valence-corrected chi connectivity index (χ0v) is 23.6. The minimum atomic E-state index is -0.0341. The second kappa shape index (κ2) is 12.5. The lowest BCUT2D eigenvalue weighted by Gasteiger charge is -2.35. The zero-order valence-electron chi connectivity index (χ0n) is 22.0. The van der Waals surface area contributed by atoms with E-state index in [0.29, 0.717) is 53.2 Å². The highest BCUT2D eigenvalue weighted by Gasteiger charge is 2.26. The fraction of sp³-hybridized carbons (Fsp3) is 0.276. The molecule has 39 heavy (non-hydrogen) atoms. The average Bonchev–Trinajstić information content (AvgIpc) is 2.96. The van der Waals surface area contributed by atoms with E-state index in [1.807, 2.05) is 47.4 Å². The zero-order chi connectivity index (χ0) is 26.6. The molecule has 2 aromatic carbocycles. The Morgan fingerprint density at radius 3 is 2.38 bits per heavy atom. The first-order valence-corrected chi connectivity index (χ1v) is 12.7. The summed E-state index contributed by atoms with van der Waals surface area (Å²) in [7, 11) is 4.83. The van der Waals surface area contributed by atoms with Crippen molar-refractivity contribution >= 4 is 40.8 Å². The summed E-state index contributed by atoms with van der Waals surface area (Å²) in [6, 6.07) is 15.0. The number of ether oxygens (including phenoxy) is 3. The number of fused-ring (bicyclic) bond motifs is 1. The van der Waals surface area contributed by atoms with Gasteiger partial charge in [-0.15, -0.1) is 12.4 Å². The van der Waals surface area contributed by atoms with E-state index in [2.05, 4.69) is 9.88 Å². The molecule has 0 bridgehead atoms. The van der Waals surface area contributed by atoms with Crippen LogP contribution < -0.4 is 14.2 Å². The van der Waals surface area contributed by atoms with E-state index in [1.54, 1.807) is 39.8 Å². The monoisotopic (exact) mass is 568 g/mol. The molecule has 1 fully saturated rings. The first-order chi connectivity index (χ1) is 18.5. The van der Waals surface area contributed by atoms with Crippen molar-refractivity contribution in [3.8, 4) is 28.5 Å². The smallest absolute Gasteiger partial charge is 0.254 e. The normalized spacial score (nSPS) is 13.6. The van der Waals surface area contributed by atoms with E-state index < -0.39 is 0 Å². The molecule has 3 heterocycles. The van der Waals surface area contributed by atoms with Crippen molar-refractivity contribution < 1.29 is 19.0 Å². The van der Waals surface area contributed by atoms with Gasteiger partial charge in [-0.25, -0.2) is 4.98 Å². The van der Waals surface area contributed by atoms with Crippen molar-refractivity contribution in [3.63, 3.8) is 0 Å². The lowest BCUT2D eigenvalue weighted by molar-refractivity contribution is 0.0629. The molecular weight excluding hydrogens is 539 g/mol. The maximum atomic E-state index is 13.8. The van der Waals surface area contributed by atoms with Gasteiger partial charge in [0, 0.05) is 66.7 Å². The van der Waals surface area contributed by atoms with Gasteiger partial charge in [-0.2, -0.15) is 0 Å². The number of hydrogen-bond acceptors (Lipinski definition) is 7. The van der Waals surface area contributed by atoms with Gasteiger partial charge in [0.15, 0.2) is 11.5 Å². The van der Waals surface area contributed by atoms with E-state index in [1.165, 1.54) is 0 Å². The minimum Gasteiger partial charge on any atom is -0.493 e. The summed E-state index contributed by atoms with van der Waals surface area (Å²) in [5.41, 5.74) is 3.87. The number of pyridine rings is 2. The van der Waals surface area contributed by atoms with Crippen LogP contribution in [-0.2, 0) is 6.54 Å². The van der Waals surface area contributed by atoms with Crippen molar-refractivity contribution in [2.45, 2.75) is 6.54 Å². The molecule has 0 saturated carbocycles. The molecule has 0 spiro atoms. The van der Waals surface area contributed by atoms with Gasteiger partial charge in [-0.1, -0.05) is 17.7 Å². The molecule has 2 aromatic heterocycles. The molecule has 0 N–H and O–H groups in total. The van der Waals surface area contributed by atoms with Crippen LogP contribution in [-0.4, -0.2) is 73.2 Å². The average molecular weight is 569 g/mol. The van der Waals surface area contributed by atoms with Crippen LogP contribution >= 0.6 is 24.0 Å². The van der Waals surface area contributed by atoms with E-state index >= 15 is 0 Å². The van der Waals surface area contributed by atoms with Gasteiger partial charge in [-0.3, -0.25) is 14.7 Å². The quantitative estimate of drug-likeness (QED) is 0.297. The second-order valence-corrected chi connectivity index (χ2v) is 9.46. The summed E-state index contributed by atoms with van der Waals surface area (Å²) in [5.74, 6) is 1.83. The van der Waals surface area contributed by atoms with Crippen LogP contribution in [0.4, 0.5) is 0 Å². The van der Waals surface area contributed by atoms with Crippen LogP contribution in [0.1, 0.15) is 15.9 Å². The van der Waals surface area contributed by atoms with Crippen molar-refractivity contribution in [2.75, 3.05) is 47.5 Å². The van der Waals surface area contributed by atoms with Gasteiger partial charge in [-0.05, 0) is 42.5 Å². The van der Waals surface area contributed by atoms with Crippen LogP contribution in [0, 0.1) is 0 Å². The molecule has 0 aliphatic carbocycles. The number of carbonyl (C=O) groups excluding carboxylic acids is 1. The number of halogens is 2. The molecule has 1 aliphatic heterocycles. The number of piperazine rings is 1. The highest BCUT2D eigenvalue weighted by Crippen LogP contribution is 2.40. The summed E-state index contributed by atoms with van der Waals surface area (Å²) in [4.78, 5) is 27.0. The number of methoxy groups -OCH3 is 3. The molecule has 0 atom stereocenters. The highest BCUT2D eigenvalue weighted by atomic mass is 35.5. The Balaban J connectivity index is 0.00000353. The van der Waals surface area contributed by atoms with Gasteiger partial charge < -0.3 is 19.1 Å². The highest BCUT2D eigenvalue weighted by molar-refractivity contribution is 6.31. The third-order valence-electron chi connectivity index (χ3n) is 6.80. The van der Waals surface area contributed by atoms with Gasteiger partial charge in [0.1, 0.15) is 0 Å². The summed E-state index contributed by atoms with van der Waals surface area (Å²) < 4.78 is 16.6. The Bertz CT molecular complexity index is 1460. The molecule has 1 amide bonds. The lowest BCUT2D eigenvalue weighted by Crippen LogP contribution is -2.48. The maximum Gasteiger partial charge on any atom is 0.254 e. The van der Waals surface area contributed by atoms with Crippen LogP contribution in [0.5, 0.6) is 17.2 Å². The number of nitrogens with zero attached hydrogens (tertiary/aromatic N) is 4. The Hall–Kier alpha value is -3.59. The number of amides is 1. The molecular formula is C29H30Cl2N4O4. The molecule has 4 aromatic rings. The minimum absolute atomic E-state index is 0. The van der Waals surface area contributed by atoms with Crippen LogP contribution in [0.3, 0.4) is 0 Å². The summed E-state index contributed by atoms with van der Waals surface area (Å²) in [6.07, 6.45) is 3.47. The molecule has 0 unspecified atom stereocenters. The van der Waals surface area contributed by atoms with Crippen molar-refractivity contribution in [1.82, 2.24) is 19.8 Å². The SMILES string of the molecule is COc1ccc(CN2CCN(C(=O)c3cc(-c4cccnc4)nc4ccc(Cl)cc34)CC2)c(OC)c1OC.Cl. The van der Waals surface area contributed by atoms with Crippen LogP contribution in [0.2, 0.25) is 5.02 Å². The predicted molar refractivity (Wildman–Crippen MR) is 155 cm³/mol. The van der Waals surface area contributed by atoms with Crippen molar-refractivity contribution in [3.05, 3.63) is 77.1 Å². The summed E-state index contributed by atoms with van der Waals surface area (Å²) >= 11 is 6.30. The molecule has 1 saturated heterocycles. The van der Waals surface area contributed by atoms with Gasteiger partial charge in [0.2, 0.25) is 5.75 Å². The third-order valence-corrected chi connectivity index (χ3v) is 7.03. The van der Waals surface area contributed by atoms with E-state index in [4.69, 9.17) is 30.8 Å². The van der Waals surface area contributed by atoms with Gasteiger partial charge in [0.05, 0.1) is 38.1 Å². The maximum absolute atomic E-state index is 13.8. The van der Waals surface area contributed by atoms with E-state index in [0.717, 1.165) is 35.1 Å². The lowest BCUT2D eigenvalue weighted by atomic mass is 10.0. The Labute approximate surface area is 238 Å². The Morgan fingerprint density at radius 2 is 1.72 bits per heavy atom. The number of aromatic nitrogens is 2. The van der Waals surface area contributed by atoms with Crippen molar-refractivity contribution in [2.24, 2.45) is 0 Å². The summed E-state index contributed by atoms with van der Waals surface area (Å²) in [5, 5.41) is 1.31. The Kier molecular flexibility index (Phi) is 9.12. The third kappa shape index (κ3) is 5.88. The fourth-order valence-electron chi connectivity index (χ4n) is 4.85. The predicted octanol–water partition coefficient (Wildman–Crippen LogP) is 5.36. The molecule has 8 nitrogen and oxygen atoms in total. The van der Waals surface area contributed by atoms with Crippen molar-refractivity contribution in [1.29, 1.82) is 0 Å². The topological polar surface area (TPSA) is 77.0 Å². The number of benzene rings is 2. The van der Waals surface area contributed by atoms with E-state index in [-0.39, 0.29) is 18.3 Å². The standard InChI is InChI=1S/C29H29ClN4O4.ClH/c1-36-26-9-6-20(27(37-2)28(26)38-3)18-33-11-13-34(14-12-33)29(35)23-16-25(19-5-4-10-31-17-19)32-24-8-7-21(30)15-22(23)24;/h4-10,15-17H,11-14,18H2,1-3H3;1H. The summed E-state index contributed by atoms with van der Waals surface area (Å²) in [6.45, 7) is 3.32. The van der Waals surface area contributed by atoms with Crippen LogP contribution in [0.15, 0.2) is 60.9 Å².